The van der Waals surface area contributed by atoms with Gasteiger partial charge in [-0.3, -0.25) is 5.32 Å². The molecule has 0 aromatic heterocycles. The molecule has 0 bridgehead atoms. The van der Waals surface area contributed by atoms with Gasteiger partial charge < -0.3 is 4.74 Å². The molecule has 0 aliphatic rings. The van der Waals surface area contributed by atoms with E-state index in [0.29, 0.717) is 6.61 Å². The maximum Gasteiger partial charge on any atom is 0.0657 e. The number of benzene rings is 3. The van der Waals surface area contributed by atoms with Gasteiger partial charge in [0.15, 0.2) is 0 Å². The van der Waals surface area contributed by atoms with Crippen LogP contribution in [-0.2, 0) is 4.74 Å². The average Bonchev–Trinajstić information content (AvgIpc) is 2.74. The van der Waals surface area contributed by atoms with E-state index < -0.39 is 0 Å². The lowest BCUT2D eigenvalue weighted by Gasteiger charge is -2.24. The highest BCUT2D eigenvalue weighted by Crippen LogP contribution is 2.21. The minimum atomic E-state index is 0.0338. The van der Waals surface area contributed by atoms with Gasteiger partial charge in [-0.2, -0.15) is 0 Å². The summed E-state index contributed by atoms with van der Waals surface area (Å²) in [6.07, 6.45) is 4.08. The molecule has 3 aromatic carbocycles. The SMILES string of the molecule is COC[C@H](N[C@H](C=C=Cc1ccccc1)c1ccccc1)c1ccccc1. The van der Waals surface area contributed by atoms with Crippen molar-refractivity contribution in [2.45, 2.75) is 12.1 Å². The smallest absolute Gasteiger partial charge is 0.0657 e. The first-order valence-corrected chi connectivity index (χ1v) is 9.19. The van der Waals surface area contributed by atoms with Crippen molar-refractivity contribution in [3.05, 3.63) is 119 Å². The van der Waals surface area contributed by atoms with Crippen molar-refractivity contribution in [2.75, 3.05) is 13.7 Å². The Morgan fingerprint density at radius 3 is 1.96 bits per heavy atom. The third-order valence-electron chi connectivity index (χ3n) is 4.39. The fraction of sp³-hybridized carbons (Fsp3) is 0.160. The molecule has 0 aliphatic heterocycles. The zero-order chi connectivity index (χ0) is 18.7. The van der Waals surface area contributed by atoms with E-state index in [-0.39, 0.29) is 12.1 Å². The molecular formula is C25H25NO. The van der Waals surface area contributed by atoms with Gasteiger partial charge in [0.2, 0.25) is 0 Å². The third kappa shape index (κ3) is 5.80. The normalized spacial score (nSPS) is 12.6. The van der Waals surface area contributed by atoms with Gasteiger partial charge in [0.25, 0.3) is 0 Å². The largest absolute Gasteiger partial charge is 0.383 e. The number of hydrogen-bond acceptors (Lipinski definition) is 2. The molecule has 0 fully saturated rings. The van der Waals surface area contributed by atoms with Gasteiger partial charge in [0.05, 0.1) is 18.7 Å². The summed E-state index contributed by atoms with van der Waals surface area (Å²) in [5.74, 6) is 0. The van der Waals surface area contributed by atoms with E-state index in [2.05, 4.69) is 77.8 Å². The molecule has 136 valence electrons. The fourth-order valence-electron chi connectivity index (χ4n) is 3.00. The average molecular weight is 355 g/mol. The lowest BCUT2D eigenvalue weighted by Crippen LogP contribution is -2.28. The zero-order valence-electron chi connectivity index (χ0n) is 15.6. The number of ether oxygens (including phenoxy) is 1. The topological polar surface area (TPSA) is 21.3 Å². The summed E-state index contributed by atoms with van der Waals surface area (Å²) in [5, 5.41) is 3.71. The molecule has 0 saturated carbocycles. The van der Waals surface area contributed by atoms with Crippen molar-refractivity contribution in [3.8, 4) is 0 Å². The molecule has 0 saturated heterocycles. The standard InChI is InChI=1S/C25H25NO/c1-27-20-25(23-17-9-4-10-18-23)26-24(22-15-7-3-8-16-22)19-11-14-21-12-5-2-6-13-21/h2-10,12-19,24-26H,20H2,1H3/t11?,24-,25+/m1/s1. The Morgan fingerprint density at radius 1 is 0.815 bits per heavy atom. The van der Waals surface area contributed by atoms with Crippen LogP contribution in [0.5, 0.6) is 0 Å². The predicted molar refractivity (Wildman–Crippen MR) is 112 cm³/mol. The Bertz CT molecular complexity index is 853. The summed E-state index contributed by atoms with van der Waals surface area (Å²) >= 11 is 0. The molecule has 0 amide bonds. The van der Waals surface area contributed by atoms with Crippen LogP contribution in [0.1, 0.15) is 28.8 Å². The van der Waals surface area contributed by atoms with Crippen LogP contribution in [0.4, 0.5) is 0 Å². The lowest BCUT2D eigenvalue weighted by molar-refractivity contribution is 0.163. The molecule has 0 heterocycles. The van der Waals surface area contributed by atoms with Gasteiger partial charge in [-0.15, -0.1) is 5.73 Å². The van der Waals surface area contributed by atoms with Crippen molar-refractivity contribution in [2.24, 2.45) is 0 Å². The van der Waals surface area contributed by atoms with Crippen molar-refractivity contribution in [1.82, 2.24) is 5.32 Å². The molecular weight excluding hydrogens is 330 g/mol. The summed E-state index contributed by atoms with van der Waals surface area (Å²) in [6.45, 7) is 0.601. The molecule has 1 N–H and O–H groups in total. The highest BCUT2D eigenvalue weighted by molar-refractivity contribution is 5.48. The monoisotopic (exact) mass is 355 g/mol. The van der Waals surface area contributed by atoms with Crippen molar-refractivity contribution in [3.63, 3.8) is 0 Å². The molecule has 0 unspecified atom stereocenters. The first kappa shape index (κ1) is 18.9. The first-order valence-electron chi connectivity index (χ1n) is 9.19. The van der Waals surface area contributed by atoms with E-state index in [0.717, 1.165) is 5.56 Å². The van der Waals surface area contributed by atoms with Gasteiger partial charge >= 0.3 is 0 Å². The number of nitrogens with one attached hydrogen (secondary N) is 1. The number of rotatable bonds is 8. The highest BCUT2D eigenvalue weighted by atomic mass is 16.5. The van der Waals surface area contributed by atoms with Crippen molar-refractivity contribution in [1.29, 1.82) is 0 Å². The van der Waals surface area contributed by atoms with Crippen LogP contribution in [0, 0.1) is 0 Å². The number of methoxy groups -OCH3 is 1. The van der Waals surface area contributed by atoms with E-state index in [4.69, 9.17) is 4.74 Å². The third-order valence-corrected chi connectivity index (χ3v) is 4.39. The Labute approximate surface area is 161 Å². The highest BCUT2D eigenvalue weighted by Gasteiger charge is 2.16. The summed E-state index contributed by atoms with van der Waals surface area (Å²) in [6, 6.07) is 31.2. The molecule has 3 aromatic rings. The van der Waals surface area contributed by atoms with Gasteiger partial charge in [-0.1, -0.05) is 91.0 Å². The molecule has 0 radical (unpaired) electrons. The Hall–Kier alpha value is -2.90. The minimum Gasteiger partial charge on any atom is -0.383 e. The molecule has 2 nitrogen and oxygen atoms in total. The molecule has 0 spiro atoms. The van der Waals surface area contributed by atoms with E-state index in [1.807, 2.05) is 36.4 Å². The molecule has 3 rings (SSSR count). The second-order valence-electron chi connectivity index (χ2n) is 6.36. The second kappa shape index (κ2) is 10.3. The van der Waals surface area contributed by atoms with Gasteiger partial charge in [0.1, 0.15) is 0 Å². The van der Waals surface area contributed by atoms with E-state index in [9.17, 15) is 0 Å². The van der Waals surface area contributed by atoms with Crippen LogP contribution in [0.2, 0.25) is 0 Å². The first-order chi connectivity index (χ1) is 13.4. The Balaban J connectivity index is 1.86. The van der Waals surface area contributed by atoms with Gasteiger partial charge in [-0.25, -0.2) is 0 Å². The zero-order valence-corrected chi connectivity index (χ0v) is 15.6. The summed E-state index contributed by atoms with van der Waals surface area (Å²) < 4.78 is 5.46. The van der Waals surface area contributed by atoms with E-state index in [1.165, 1.54) is 11.1 Å². The summed E-state index contributed by atoms with van der Waals surface area (Å²) in [7, 11) is 1.74. The Kier molecular flexibility index (Phi) is 7.20. The maximum absolute atomic E-state index is 5.46. The lowest BCUT2D eigenvalue weighted by atomic mass is 10.0. The fourth-order valence-corrected chi connectivity index (χ4v) is 3.00. The molecule has 2 atom stereocenters. The van der Waals surface area contributed by atoms with Crippen LogP contribution in [0.15, 0.2) is 103 Å². The Morgan fingerprint density at radius 2 is 1.37 bits per heavy atom. The van der Waals surface area contributed by atoms with Gasteiger partial charge in [-0.05, 0) is 28.8 Å². The predicted octanol–water partition coefficient (Wildman–Crippen LogP) is 5.57. The van der Waals surface area contributed by atoms with Crippen LogP contribution < -0.4 is 5.32 Å². The summed E-state index contributed by atoms with van der Waals surface area (Å²) in [4.78, 5) is 0. The van der Waals surface area contributed by atoms with Gasteiger partial charge in [0, 0.05) is 7.11 Å². The van der Waals surface area contributed by atoms with Crippen molar-refractivity contribution >= 4 is 6.08 Å². The quantitative estimate of drug-likeness (QED) is 0.533. The molecule has 27 heavy (non-hydrogen) atoms. The second-order valence-corrected chi connectivity index (χ2v) is 6.36. The van der Waals surface area contributed by atoms with Crippen molar-refractivity contribution < 1.29 is 4.74 Å². The van der Waals surface area contributed by atoms with Crippen LogP contribution in [-0.4, -0.2) is 13.7 Å². The molecule has 2 heteroatoms. The van der Waals surface area contributed by atoms with E-state index >= 15 is 0 Å². The summed E-state index contributed by atoms with van der Waals surface area (Å²) in [5.41, 5.74) is 6.89. The van der Waals surface area contributed by atoms with E-state index in [1.54, 1.807) is 7.11 Å². The number of hydrogen-bond donors (Lipinski definition) is 1. The van der Waals surface area contributed by atoms with Crippen LogP contribution in [0.3, 0.4) is 0 Å². The van der Waals surface area contributed by atoms with Crippen LogP contribution in [0.25, 0.3) is 6.08 Å². The van der Waals surface area contributed by atoms with Crippen LogP contribution >= 0.6 is 0 Å². The minimum absolute atomic E-state index is 0.0338. The maximum atomic E-state index is 5.46. The molecule has 0 aliphatic carbocycles.